The van der Waals surface area contributed by atoms with Gasteiger partial charge in [0, 0.05) is 18.2 Å². The molecule has 21 heavy (non-hydrogen) atoms. The van der Waals surface area contributed by atoms with Crippen LogP contribution in [0.2, 0.25) is 0 Å². The Kier molecular flexibility index (Phi) is 5.37. The highest BCUT2D eigenvalue weighted by molar-refractivity contribution is 5.41. The lowest BCUT2D eigenvalue weighted by molar-refractivity contribution is 0.281. The van der Waals surface area contributed by atoms with E-state index < -0.39 is 0 Å². The first-order valence-corrected chi connectivity index (χ1v) is 7.29. The maximum Gasteiger partial charge on any atom is 0.131 e. The molecule has 0 unspecified atom stereocenters. The van der Waals surface area contributed by atoms with Gasteiger partial charge in [-0.05, 0) is 30.7 Å². The third-order valence-corrected chi connectivity index (χ3v) is 3.23. The predicted molar refractivity (Wildman–Crippen MR) is 85.6 cm³/mol. The van der Waals surface area contributed by atoms with Crippen LogP contribution in [-0.2, 0) is 13.2 Å². The second-order valence-electron chi connectivity index (χ2n) is 5.55. The van der Waals surface area contributed by atoms with Gasteiger partial charge in [0.2, 0.25) is 0 Å². The van der Waals surface area contributed by atoms with Gasteiger partial charge in [-0.25, -0.2) is 0 Å². The highest BCUT2D eigenvalue weighted by atomic mass is 16.5. The van der Waals surface area contributed by atoms with Crippen LogP contribution in [-0.4, -0.2) is 11.1 Å². The molecule has 3 nitrogen and oxygen atoms in total. The van der Waals surface area contributed by atoms with Crippen LogP contribution in [0.4, 0.5) is 0 Å². The fourth-order valence-corrected chi connectivity index (χ4v) is 2.09. The van der Waals surface area contributed by atoms with Crippen molar-refractivity contribution in [2.45, 2.75) is 40.0 Å². The number of hydrogen-bond acceptors (Lipinski definition) is 3. The number of benzene rings is 2. The third-order valence-electron chi connectivity index (χ3n) is 3.23. The maximum absolute atomic E-state index is 9.20. The first kappa shape index (κ1) is 15.5. The number of rotatable bonds is 6. The van der Waals surface area contributed by atoms with Crippen molar-refractivity contribution >= 4 is 0 Å². The van der Waals surface area contributed by atoms with Crippen molar-refractivity contribution in [2.75, 3.05) is 0 Å². The Balaban J connectivity index is 2.21. The first-order chi connectivity index (χ1) is 10.1. The van der Waals surface area contributed by atoms with Crippen molar-refractivity contribution in [3.63, 3.8) is 0 Å². The van der Waals surface area contributed by atoms with Gasteiger partial charge in [0.1, 0.15) is 11.5 Å². The van der Waals surface area contributed by atoms with Gasteiger partial charge >= 0.3 is 0 Å². The van der Waals surface area contributed by atoms with Crippen LogP contribution in [0.3, 0.4) is 0 Å². The molecule has 0 heterocycles. The van der Waals surface area contributed by atoms with Crippen LogP contribution in [0.15, 0.2) is 42.5 Å². The number of ether oxygens (including phenoxy) is 1. The molecular formula is C18H23NO2. The Labute approximate surface area is 126 Å². The minimum Gasteiger partial charge on any atom is -0.457 e. The summed E-state index contributed by atoms with van der Waals surface area (Å²) >= 11 is 0. The minimum atomic E-state index is 0.0207. The van der Waals surface area contributed by atoms with Crippen molar-refractivity contribution in [3.05, 3.63) is 59.2 Å². The van der Waals surface area contributed by atoms with E-state index in [-0.39, 0.29) is 6.61 Å². The zero-order valence-corrected chi connectivity index (χ0v) is 12.9. The number of hydrogen-bond donors (Lipinski definition) is 2. The van der Waals surface area contributed by atoms with Gasteiger partial charge in [-0.3, -0.25) is 0 Å². The normalized spacial score (nSPS) is 10.9. The van der Waals surface area contributed by atoms with Gasteiger partial charge in [0.15, 0.2) is 0 Å². The van der Waals surface area contributed by atoms with Gasteiger partial charge in [-0.1, -0.05) is 43.7 Å². The molecule has 0 aliphatic carbocycles. The zero-order valence-electron chi connectivity index (χ0n) is 12.9. The van der Waals surface area contributed by atoms with E-state index in [4.69, 9.17) is 4.74 Å². The molecule has 2 rings (SSSR count). The van der Waals surface area contributed by atoms with E-state index in [1.807, 2.05) is 36.4 Å². The van der Waals surface area contributed by atoms with Gasteiger partial charge in [0.05, 0.1) is 6.61 Å². The van der Waals surface area contributed by atoms with Gasteiger partial charge in [-0.2, -0.15) is 0 Å². The SMILES string of the molecule is Cc1ccc(Oc2cccc(CO)c2)c(CNC(C)C)c1. The highest BCUT2D eigenvalue weighted by Crippen LogP contribution is 2.27. The molecule has 2 aromatic rings. The lowest BCUT2D eigenvalue weighted by atomic mass is 10.1. The van der Waals surface area contributed by atoms with Crippen molar-refractivity contribution in [2.24, 2.45) is 0 Å². The molecule has 0 spiro atoms. The van der Waals surface area contributed by atoms with E-state index in [2.05, 4.69) is 32.2 Å². The zero-order chi connectivity index (χ0) is 15.2. The highest BCUT2D eigenvalue weighted by Gasteiger charge is 2.07. The Bertz CT molecular complexity index is 594. The molecule has 0 atom stereocenters. The molecule has 0 aliphatic rings. The fourth-order valence-electron chi connectivity index (χ4n) is 2.09. The molecule has 0 fully saturated rings. The molecule has 2 N–H and O–H groups in total. The number of nitrogens with one attached hydrogen (secondary N) is 1. The van der Waals surface area contributed by atoms with Crippen LogP contribution in [0.5, 0.6) is 11.5 Å². The average molecular weight is 285 g/mol. The summed E-state index contributed by atoms with van der Waals surface area (Å²) in [5.41, 5.74) is 3.20. The second-order valence-corrected chi connectivity index (χ2v) is 5.55. The molecule has 0 saturated heterocycles. The molecule has 0 radical (unpaired) electrons. The van der Waals surface area contributed by atoms with Gasteiger partial charge < -0.3 is 15.2 Å². The largest absolute Gasteiger partial charge is 0.457 e. The molecule has 0 amide bonds. The van der Waals surface area contributed by atoms with Gasteiger partial charge in [-0.15, -0.1) is 0 Å². The summed E-state index contributed by atoms with van der Waals surface area (Å²) in [6, 6.07) is 14.1. The molecular weight excluding hydrogens is 262 g/mol. The summed E-state index contributed by atoms with van der Waals surface area (Å²) in [6.07, 6.45) is 0. The lowest BCUT2D eigenvalue weighted by Gasteiger charge is -2.14. The lowest BCUT2D eigenvalue weighted by Crippen LogP contribution is -2.22. The molecule has 112 valence electrons. The summed E-state index contributed by atoms with van der Waals surface area (Å²) in [5.74, 6) is 1.60. The fraction of sp³-hybridized carbons (Fsp3) is 0.333. The van der Waals surface area contributed by atoms with Crippen LogP contribution >= 0.6 is 0 Å². The molecule has 0 aliphatic heterocycles. The molecule has 0 aromatic heterocycles. The van der Waals surface area contributed by atoms with Crippen molar-refractivity contribution in [3.8, 4) is 11.5 Å². The minimum absolute atomic E-state index is 0.0207. The predicted octanol–water partition coefficient (Wildman–Crippen LogP) is 3.78. The molecule has 0 bridgehead atoms. The number of aryl methyl sites for hydroxylation is 1. The Morgan fingerprint density at radius 3 is 2.67 bits per heavy atom. The molecule has 0 saturated carbocycles. The van der Waals surface area contributed by atoms with Crippen molar-refractivity contribution < 1.29 is 9.84 Å². The maximum atomic E-state index is 9.20. The van der Waals surface area contributed by atoms with Crippen LogP contribution < -0.4 is 10.1 Å². The topological polar surface area (TPSA) is 41.5 Å². The Morgan fingerprint density at radius 2 is 1.95 bits per heavy atom. The summed E-state index contributed by atoms with van der Waals surface area (Å²) in [6.45, 7) is 7.12. The van der Waals surface area contributed by atoms with Crippen molar-refractivity contribution in [1.29, 1.82) is 0 Å². The number of aliphatic hydroxyl groups is 1. The summed E-state index contributed by atoms with van der Waals surface area (Å²) in [7, 11) is 0. The van der Waals surface area contributed by atoms with E-state index in [9.17, 15) is 5.11 Å². The van der Waals surface area contributed by atoms with Crippen LogP contribution in [0.25, 0.3) is 0 Å². The standard InChI is InChI=1S/C18H23NO2/c1-13(2)19-11-16-9-14(3)7-8-18(16)21-17-6-4-5-15(10-17)12-20/h4-10,13,19-20H,11-12H2,1-3H3. The van der Waals surface area contributed by atoms with Crippen molar-refractivity contribution in [1.82, 2.24) is 5.32 Å². The summed E-state index contributed by atoms with van der Waals surface area (Å²) in [4.78, 5) is 0. The Morgan fingerprint density at radius 1 is 1.14 bits per heavy atom. The van der Waals surface area contributed by atoms with E-state index >= 15 is 0 Å². The smallest absolute Gasteiger partial charge is 0.131 e. The van der Waals surface area contributed by atoms with Crippen LogP contribution in [0.1, 0.15) is 30.5 Å². The quantitative estimate of drug-likeness (QED) is 0.848. The summed E-state index contributed by atoms with van der Waals surface area (Å²) in [5, 5.41) is 12.6. The average Bonchev–Trinajstić information content (AvgIpc) is 2.47. The van der Waals surface area contributed by atoms with Crippen LogP contribution in [0, 0.1) is 6.92 Å². The monoisotopic (exact) mass is 285 g/mol. The third kappa shape index (κ3) is 4.59. The summed E-state index contributed by atoms with van der Waals surface area (Å²) < 4.78 is 5.99. The van der Waals surface area contributed by atoms with E-state index in [0.717, 1.165) is 29.2 Å². The van der Waals surface area contributed by atoms with E-state index in [0.29, 0.717) is 6.04 Å². The first-order valence-electron chi connectivity index (χ1n) is 7.29. The van der Waals surface area contributed by atoms with Gasteiger partial charge in [0.25, 0.3) is 0 Å². The second kappa shape index (κ2) is 7.25. The molecule has 3 heteroatoms. The molecule has 2 aromatic carbocycles. The number of aliphatic hydroxyl groups excluding tert-OH is 1. The Hall–Kier alpha value is -1.84. The van der Waals surface area contributed by atoms with E-state index in [1.54, 1.807) is 0 Å². The van der Waals surface area contributed by atoms with E-state index in [1.165, 1.54) is 5.56 Å².